The lowest BCUT2D eigenvalue weighted by atomic mass is 10.3. The second-order valence-corrected chi connectivity index (χ2v) is 8.10. The van der Waals surface area contributed by atoms with Crippen LogP contribution in [0, 0.1) is 6.92 Å². The predicted octanol–water partition coefficient (Wildman–Crippen LogP) is 2.92. The van der Waals surface area contributed by atoms with Crippen LogP contribution in [0.25, 0.3) is 5.69 Å². The van der Waals surface area contributed by atoms with Crippen molar-refractivity contribution >= 4 is 27.5 Å². The van der Waals surface area contributed by atoms with Crippen LogP contribution in [0.15, 0.2) is 58.6 Å². The molecule has 0 unspecified atom stereocenters. The number of ether oxygens (including phenoxy) is 1. The van der Waals surface area contributed by atoms with E-state index in [0.29, 0.717) is 16.4 Å². The van der Waals surface area contributed by atoms with Crippen molar-refractivity contribution < 1.29 is 17.9 Å². The number of halogens is 1. The number of rotatable bonds is 5. The van der Waals surface area contributed by atoms with E-state index >= 15 is 0 Å². The van der Waals surface area contributed by atoms with Crippen molar-refractivity contribution in [3.05, 3.63) is 65.1 Å². The van der Waals surface area contributed by atoms with Crippen LogP contribution in [0.4, 0.5) is 4.79 Å². The zero-order chi connectivity index (χ0) is 20.3. The normalized spacial score (nSPS) is 11.2. The Morgan fingerprint density at radius 3 is 2.68 bits per heavy atom. The van der Waals surface area contributed by atoms with Crippen molar-refractivity contribution in [2.24, 2.45) is 0 Å². The standard InChI is InChI=1S/C18H17ClN4O4S/c1-12-9-14(7-8-21-12)28(25,26)17-10-13(11-27-18(24)20-2)22-23(17)16-6-4-3-5-15(16)19/h3-10H,11H2,1-2H3,(H,20,24). The number of alkyl carbamates (subject to hydrolysis) is 1. The molecule has 0 fully saturated rings. The molecule has 28 heavy (non-hydrogen) atoms. The number of hydrogen-bond acceptors (Lipinski definition) is 6. The first kappa shape index (κ1) is 19.8. The number of carbonyl (C=O) groups is 1. The number of amides is 1. The highest BCUT2D eigenvalue weighted by Gasteiger charge is 2.26. The van der Waals surface area contributed by atoms with Gasteiger partial charge < -0.3 is 10.1 Å². The maximum absolute atomic E-state index is 13.2. The fraction of sp³-hybridized carbons (Fsp3) is 0.167. The molecule has 3 rings (SSSR count). The largest absolute Gasteiger partial charge is 0.443 e. The van der Waals surface area contributed by atoms with Crippen LogP contribution >= 0.6 is 11.6 Å². The quantitative estimate of drug-likeness (QED) is 0.680. The third kappa shape index (κ3) is 4.00. The molecule has 0 atom stereocenters. The van der Waals surface area contributed by atoms with Gasteiger partial charge in [0, 0.05) is 25.0 Å². The number of benzene rings is 1. The summed E-state index contributed by atoms with van der Waals surface area (Å²) >= 11 is 6.25. The highest BCUT2D eigenvalue weighted by Crippen LogP contribution is 2.28. The summed E-state index contributed by atoms with van der Waals surface area (Å²) in [5.74, 6) is 0. The molecule has 10 heteroatoms. The van der Waals surface area contributed by atoms with Gasteiger partial charge in [-0.25, -0.2) is 17.9 Å². The number of nitrogens with one attached hydrogen (secondary N) is 1. The lowest BCUT2D eigenvalue weighted by Crippen LogP contribution is -2.19. The molecule has 1 aromatic carbocycles. The van der Waals surface area contributed by atoms with Gasteiger partial charge in [-0.05, 0) is 31.2 Å². The molecule has 3 aromatic rings. The second kappa shape index (κ2) is 7.99. The first-order valence-electron chi connectivity index (χ1n) is 8.19. The number of sulfone groups is 1. The van der Waals surface area contributed by atoms with Gasteiger partial charge >= 0.3 is 6.09 Å². The number of carbonyl (C=O) groups excluding carboxylic acids is 1. The molecule has 0 saturated heterocycles. The number of pyridine rings is 1. The molecule has 2 heterocycles. The van der Waals surface area contributed by atoms with Crippen molar-refractivity contribution in [2.75, 3.05) is 7.05 Å². The molecule has 0 saturated carbocycles. The van der Waals surface area contributed by atoms with Gasteiger partial charge in [-0.2, -0.15) is 5.10 Å². The zero-order valence-electron chi connectivity index (χ0n) is 15.1. The zero-order valence-corrected chi connectivity index (χ0v) is 16.7. The van der Waals surface area contributed by atoms with Crippen LogP contribution in [0.5, 0.6) is 0 Å². The topological polar surface area (TPSA) is 103 Å². The molecule has 1 N–H and O–H groups in total. The van der Waals surface area contributed by atoms with Gasteiger partial charge in [-0.1, -0.05) is 23.7 Å². The van der Waals surface area contributed by atoms with Gasteiger partial charge in [-0.15, -0.1) is 0 Å². The lowest BCUT2D eigenvalue weighted by molar-refractivity contribution is 0.140. The summed E-state index contributed by atoms with van der Waals surface area (Å²) in [4.78, 5) is 15.5. The van der Waals surface area contributed by atoms with Crippen molar-refractivity contribution in [3.8, 4) is 5.69 Å². The molecule has 146 valence electrons. The van der Waals surface area contributed by atoms with Crippen LogP contribution in [0.1, 0.15) is 11.4 Å². The predicted molar refractivity (Wildman–Crippen MR) is 102 cm³/mol. The number of nitrogens with zero attached hydrogens (tertiary/aromatic N) is 3. The van der Waals surface area contributed by atoms with Crippen molar-refractivity contribution in [3.63, 3.8) is 0 Å². The molecule has 1 amide bonds. The number of aromatic nitrogens is 3. The minimum atomic E-state index is -3.93. The maximum atomic E-state index is 13.2. The Morgan fingerprint density at radius 2 is 2.00 bits per heavy atom. The highest BCUT2D eigenvalue weighted by atomic mass is 35.5. The van der Waals surface area contributed by atoms with Gasteiger partial charge in [0.1, 0.15) is 12.3 Å². The van der Waals surface area contributed by atoms with E-state index in [2.05, 4.69) is 15.4 Å². The monoisotopic (exact) mass is 420 g/mol. The van der Waals surface area contributed by atoms with E-state index < -0.39 is 15.9 Å². The molecule has 0 aliphatic rings. The first-order valence-corrected chi connectivity index (χ1v) is 10.0. The van der Waals surface area contributed by atoms with E-state index in [1.54, 1.807) is 31.2 Å². The van der Waals surface area contributed by atoms with E-state index in [1.165, 1.54) is 36.1 Å². The summed E-state index contributed by atoms with van der Waals surface area (Å²) in [7, 11) is -2.51. The Bertz CT molecular complexity index is 1130. The molecule has 0 radical (unpaired) electrons. The van der Waals surface area contributed by atoms with Crippen LogP contribution in [0.3, 0.4) is 0 Å². The Kier molecular flexibility index (Phi) is 5.66. The molecule has 0 spiro atoms. The van der Waals surface area contributed by atoms with Crippen LogP contribution in [0.2, 0.25) is 5.02 Å². The first-order chi connectivity index (χ1) is 13.3. The van der Waals surface area contributed by atoms with Crippen molar-refractivity contribution in [1.29, 1.82) is 0 Å². The Balaban J connectivity index is 2.14. The van der Waals surface area contributed by atoms with E-state index in [0.717, 1.165) is 0 Å². The van der Waals surface area contributed by atoms with Gasteiger partial charge in [-0.3, -0.25) is 4.98 Å². The summed E-state index contributed by atoms with van der Waals surface area (Å²) in [6, 6.07) is 11.0. The van der Waals surface area contributed by atoms with Crippen LogP contribution in [-0.2, 0) is 21.2 Å². The Labute approximate surface area is 167 Å². The summed E-state index contributed by atoms with van der Waals surface area (Å²) in [5.41, 5.74) is 1.21. The number of hydrogen-bond donors (Lipinski definition) is 1. The molecular weight excluding hydrogens is 404 g/mol. The van der Waals surface area contributed by atoms with Crippen molar-refractivity contribution in [1.82, 2.24) is 20.1 Å². The summed E-state index contributed by atoms with van der Waals surface area (Å²) in [6.07, 6.45) is 0.773. The average molecular weight is 421 g/mol. The minimum absolute atomic E-state index is 0.0759. The molecular formula is C18H17ClN4O4S. The summed E-state index contributed by atoms with van der Waals surface area (Å²) in [5, 5.41) is 6.84. The summed E-state index contributed by atoms with van der Waals surface area (Å²) in [6.45, 7) is 1.50. The summed E-state index contributed by atoms with van der Waals surface area (Å²) < 4.78 is 32.7. The minimum Gasteiger partial charge on any atom is -0.443 e. The van der Waals surface area contributed by atoms with Crippen LogP contribution in [-0.4, -0.2) is 36.3 Å². The number of aryl methyl sites for hydroxylation is 1. The number of para-hydroxylation sites is 1. The van der Waals surface area contributed by atoms with E-state index in [1.807, 2.05) is 0 Å². The molecule has 0 aliphatic carbocycles. The molecule has 0 aliphatic heterocycles. The van der Waals surface area contributed by atoms with Gasteiger partial charge in [0.2, 0.25) is 9.84 Å². The molecule has 2 aromatic heterocycles. The fourth-order valence-electron chi connectivity index (χ4n) is 2.49. The van der Waals surface area contributed by atoms with E-state index in [-0.39, 0.29) is 22.2 Å². The van der Waals surface area contributed by atoms with Crippen molar-refractivity contribution in [2.45, 2.75) is 23.5 Å². The van der Waals surface area contributed by atoms with E-state index in [4.69, 9.17) is 16.3 Å². The molecule has 0 bridgehead atoms. The third-order valence-electron chi connectivity index (χ3n) is 3.82. The maximum Gasteiger partial charge on any atom is 0.407 e. The third-order valence-corrected chi connectivity index (χ3v) is 5.85. The SMILES string of the molecule is CNC(=O)OCc1cc(S(=O)(=O)c2ccnc(C)c2)n(-c2ccccc2Cl)n1. The second-order valence-electron chi connectivity index (χ2n) is 5.80. The fourth-order valence-corrected chi connectivity index (χ4v) is 4.17. The Hall–Kier alpha value is -2.91. The van der Waals surface area contributed by atoms with Gasteiger partial charge in [0.25, 0.3) is 0 Å². The van der Waals surface area contributed by atoms with Gasteiger partial charge in [0.05, 0.1) is 15.6 Å². The van der Waals surface area contributed by atoms with E-state index in [9.17, 15) is 13.2 Å². The van der Waals surface area contributed by atoms with Gasteiger partial charge in [0.15, 0.2) is 5.03 Å². The van der Waals surface area contributed by atoms with Crippen LogP contribution < -0.4 is 5.32 Å². The molecule has 8 nitrogen and oxygen atoms in total. The highest BCUT2D eigenvalue weighted by molar-refractivity contribution is 7.91. The average Bonchev–Trinajstić information content (AvgIpc) is 3.11. The smallest absolute Gasteiger partial charge is 0.407 e. The Morgan fingerprint density at radius 1 is 1.25 bits per heavy atom. The lowest BCUT2D eigenvalue weighted by Gasteiger charge is -2.10.